The highest BCUT2D eigenvalue weighted by Gasteiger charge is 2.14. The number of carbonyl (C=O) groups excluding carboxylic acids is 1. The van der Waals surface area contributed by atoms with Crippen molar-refractivity contribution >= 4 is 23.3 Å². The number of nitrogens with one attached hydrogen (secondary N) is 1. The second kappa shape index (κ2) is 4.62. The van der Waals surface area contributed by atoms with E-state index in [2.05, 4.69) is 5.32 Å². The van der Waals surface area contributed by atoms with Crippen molar-refractivity contribution in [3.05, 3.63) is 28.0 Å². The van der Waals surface area contributed by atoms with Crippen molar-refractivity contribution in [3.8, 4) is 0 Å². The molecule has 82 valence electrons. The summed E-state index contributed by atoms with van der Waals surface area (Å²) in [6.45, 7) is 7.76. The summed E-state index contributed by atoms with van der Waals surface area (Å²) in [5, 5.41) is 4.93. The average Bonchev–Trinajstić information content (AvgIpc) is 2.53. The maximum absolute atomic E-state index is 11.7. The first-order valence-electron chi connectivity index (χ1n) is 4.93. The summed E-state index contributed by atoms with van der Waals surface area (Å²) < 4.78 is 0. The van der Waals surface area contributed by atoms with Gasteiger partial charge in [0, 0.05) is 16.0 Å². The number of thiophene rings is 1. The van der Waals surface area contributed by atoms with Gasteiger partial charge in [0.2, 0.25) is 5.91 Å². The van der Waals surface area contributed by atoms with E-state index in [0.717, 1.165) is 10.5 Å². The SMILES string of the molecule is C/C(=C\c1cccs1)C(=O)NC(C)(C)C. The molecule has 0 atom stereocenters. The minimum atomic E-state index is -0.179. The van der Waals surface area contributed by atoms with Crippen LogP contribution in [0.5, 0.6) is 0 Å². The average molecular weight is 223 g/mol. The second-order valence-electron chi connectivity index (χ2n) is 4.55. The summed E-state index contributed by atoms with van der Waals surface area (Å²) in [6.07, 6.45) is 1.91. The lowest BCUT2D eigenvalue weighted by Crippen LogP contribution is -2.40. The van der Waals surface area contributed by atoms with Gasteiger partial charge in [0.25, 0.3) is 0 Å². The van der Waals surface area contributed by atoms with E-state index in [-0.39, 0.29) is 11.4 Å². The predicted molar refractivity (Wildman–Crippen MR) is 65.9 cm³/mol. The monoisotopic (exact) mass is 223 g/mol. The lowest BCUT2D eigenvalue weighted by molar-refractivity contribution is -0.118. The topological polar surface area (TPSA) is 29.1 Å². The molecule has 0 aromatic carbocycles. The zero-order chi connectivity index (χ0) is 11.5. The third-order valence-electron chi connectivity index (χ3n) is 1.75. The van der Waals surface area contributed by atoms with Gasteiger partial charge in [-0.25, -0.2) is 0 Å². The van der Waals surface area contributed by atoms with Gasteiger partial charge in [0.1, 0.15) is 0 Å². The summed E-state index contributed by atoms with van der Waals surface area (Å²) in [5.41, 5.74) is 0.564. The smallest absolute Gasteiger partial charge is 0.247 e. The summed E-state index contributed by atoms with van der Waals surface area (Å²) >= 11 is 1.63. The molecule has 0 saturated heterocycles. The lowest BCUT2D eigenvalue weighted by Gasteiger charge is -2.20. The Bertz CT molecular complexity index is 357. The Balaban J connectivity index is 2.69. The van der Waals surface area contributed by atoms with E-state index in [9.17, 15) is 4.79 Å². The van der Waals surface area contributed by atoms with Gasteiger partial charge in [-0.15, -0.1) is 11.3 Å². The molecule has 1 N–H and O–H groups in total. The molecule has 2 nitrogen and oxygen atoms in total. The van der Waals surface area contributed by atoms with Crippen LogP contribution >= 0.6 is 11.3 Å². The molecule has 1 heterocycles. The zero-order valence-corrected chi connectivity index (χ0v) is 10.4. The molecule has 1 rings (SSSR count). The number of amides is 1. The molecule has 0 bridgehead atoms. The largest absolute Gasteiger partial charge is 0.348 e. The van der Waals surface area contributed by atoms with Crippen molar-refractivity contribution in [1.82, 2.24) is 5.32 Å². The molecule has 0 saturated carbocycles. The first-order valence-corrected chi connectivity index (χ1v) is 5.81. The molecule has 0 aliphatic heterocycles. The molecular weight excluding hydrogens is 206 g/mol. The van der Waals surface area contributed by atoms with Crippen molar-refractivity contribution in [3.63, 3.8) is 0 Å². The van der Waals surface area contributed by atoms with Crippen LogP contribution in [0.1, 0.15) is 32.6 Å². The third kappa shape index (κ3) is 4.30. The molecule has 0 fully saturated rings. The van der Waals surface area contributed by atoms with Gasteiger partial charge >= 0.3 is 0 Å². The van der Waals surface area contributed by atoms with Crippen LogP contribution in [0.3, 0.4) is 0 Å². The van der Waals surface area contributed by atoms with Crippen molar-refractivity contribution in [2.24, 2.45) is 0 Å². The van der Waals surface area contributed by atoms with Crippen molar-refractivity contribution in [2.75, 3.05) is 0 Å². The Hall–Kier alpha value is -1.09. The fourth-order valence-corrected chi connectivity index (χ4v) is 1.81. The maximum atomic E-state index is 11.7. The second-order valence-corrected chi connectivity index (χ2v) is 5.53. The van der Waals surface area contributed by atoms with E-state index in [1.807, 2.05) is 51.3 Å². The standard InChI is InChI=1S/C12H17NOS/c1-9(8-10-6-5-7-15-10)11(14)13-12(2,3)4/h5-8H,1-4H3,(H,13,14)/b9-8+. The Morgan fingerprint density at radius 3 is 2.60 bits per heavy atom. The molecule has 3 heteroatoms. The van der Waals surface area contributed by atoms with Crippen LogP contribution in [0.15, 0.2) is 23.1 Å². The quantitative estimate of drug-likeness (QED) is 0.767. The van der Waals surface area contributed by atoms with Gasteiger partial charge in [0.15, 0.2) is 0 Å². The fraction of sp³-hybridized carbons (Fsp3) is 0.417. The van der Waals surface area contributed by atoms with Crippen LogP contribution in [0.25, 0.3) is 6.08 Å². The van der Waals surface area contributed by atoms with E-state index in [4.69, 9.17) is 0 Å². The predicted octanol–water partition coefficient (Wildman–Crippen LogP) is 3.07. The molecule has 0 spiro atoms. The Morgan fingerprint density at radius 1 is 1.47 bits per heavy atom. The number of hydrogen-bond donors (Lipinski definition) is 1. The first kappa shape index (κ1) is 12.0. The Morgan fingerprint density at radius 2 is 2.13 bits per heavy atom. The van der Waals surface area contributed by atoms with Crippen molar-refractivity contribution in [1.29, 1.82) is 0 Å². The minimum absolute atomic E-state index is 0.00380. The number of hydrogen-bond acceptors (Lipinski definition) is 2. The molecule has 0 radical (unpaired) electrons. The number of rotatable bonds is 2. The number of carbonyl (C=O) groups is 1. The molecule has 0 aliphatic rings. The van der Waals surface area contributed by atoms with Gasteiger partial charge in [-0.1, -0.05) is 6.07 Å². The third-order valence-corrected chi connectivity index (χ3v) is 2.57. The fourth-order valence-electron chi connectivity index (χ4n) is 1.09. The molecule has 1 aromatic heterocycles. The Labute approximate surface area is 95.0 Å². The minimum Gasteiger partial charge on any atom is -0.348 e. The van der Waals surface area contributed by atoms with E-state index in [0.29, 0.717) is 0 Å². The molecule has 1 aromatic rings. The van der Waals surface area contributed by atoms with Crippen LogP contribution in [0.4, 0.5) is 0 Å². The van der Waals surface area contributed by atoms with Crippen molar-refractivity contribution in [2.45, 2.75) is 33.2 Å². The molecule has 15 heavy (non-hydrogen) atoms. The van der Waals surface area contributed by atoms with E-state index in [1.165, 1.54) is 0 Å². The van der Waals surface area contributed by atoms with E-state index < -0.39 is 0 Å². The van der Waals surface area contributed by atoms with E-state index in [1.54, 1.807) is 11.3 Å². The van der Waals surface area contributed by atoms with Gasteiger partial charge < -0.3 is 5.32 Å². The molecule has 0 aliphatic carbocycles. The Kier molecular flexibility index (Phi) is 3.69. The highest BCUT2D eigenvalue weighted by Crippen LogP contribution is 2.13. The van der Waals surface area contributed by atoms with Crippen LogP contribution in [-0.2, 0) is 4.79 Å². The van der Waals surface area contributed by atoms with Gasteiger partial charge in [-0.3, -0.25) is 4.79 Å². The van der Waals surface area contributed by atoms with Gasteiger partial charge in [-0.2, -0.15) is 0 Å². The van der Waals surface area contributed by atoms with Crippen LogP contribution in [0, 0.1) is 0 Å². The normalized spacial score (nSPS) is 12.7. The molecule has 0 unspecified atom stereocenters. The van der Waals surface area contributed by atoms with Crippen LogP contribution in [0.2, 0.25) is 0 Å². The first-order chi connectivity index (χ1) is 6.88. The summed E-state index contributed by atoms with van der Waals surface area (Å²) in [7, 11) is 0. The zero-order valence-electron chi connectivity index (χ0n) is 9.63. The molecular formula is C12H17NOS. The van der Waals surface area contributed by atoms with E-state index >= 15 is 0 Å². The summed E-state index contributed by atoms with van der Waals surface area (Å²) in [4.78, 5) is 12.8. The van der Waals surface area contributed by atoms with Crippen LogP contribution < -0.4 is 5.32 Å². The summed E-state index contributed by atoms with van der Waals surface area (Å²) in [6, 6.07) is 3.98. The van der Waals surface area contributed by atoms with Crippen LogP contribution in [-0.4, -0.2) is 11.4 Å². The molecule has 1 amide bonds. The van der Waals surface area contributed by atoms with Gasteiger partial charge in [0.05, 0.1) is 0 Å². The maximum Gasteiger partial charge on any atom is 0.247 e. The summed E-state index contributed by atoms with van der Waals surface area (Å²) in [5.74, 6) is -0.00380. The lowest BCUT2D eigenvalue weighted by atomic mass is 10.1. The highest BCUT2D eigenvalue weighted by atomic mass is 32.1. The van der Waals surface area contributed by atoms with Crippen molar-refractivity contribution < 1.29 is 4.79 Å². The van der Waals surface area contributed by atoms with Gasteiger partial charge in [-0.05, 0) is 45.2 Å². The highest BCUT2D eigenvalue weighted by molar-refractivity contribution is 7.10.